The van der Waals surface area contributed by atoms with Gasteiger partial charge in [-0.1, -0.05) is 102 Å². The first kappa shape index (κ1) is 23.7. The van der Waals surface area contributed by atoms with Crippen molar-refractivity contribution < 1.29 is 10.0 Å². The topological polar surface area (TPSA) is 78.0 Å². The van der Waals surface area contributed by atoms with Gasteiger partial charge in [0.25, 0.3) is 0 Å². The molecule has 0 bridgehead atoms. The van der Waals surface area contributed by atoms with Gasteiger partial charge in [-0.05, 0) is 34.8 Å². The van der Waals surface area contributed by atoms with Crippen molar-refractivity contribution in [3.8, 4) is 0 Å². The van der Waals surface area contributed by atoms with Gasteiger partial charge < -0.3 is 0 Å². The highest BCUT2D eigenvalue weighted by Gasteiger charge is 2.39. The molecule has 1 aromatic heterocycles. The Morgan fingerprint density at radius 1 is 1.00 bits per heavy atom. The molecule has 2 aliphatic carbocycles. The molecule has 0 aliphatic heterocycles. The molecule has 0 aromatic carbocycles. The van der Waals surface area contributed by atoms with E-state index in [1.807, 2.05) is 31.5 Å². The lowest BCUT2D eigenvalue weighted by atomic mass is 9.69. The molecular weight excluding hydrogens is 398 g/mol. The number of allylic oxidation sites excluding steroid dienone is 12. The van der Waals surface area contributed by atoms with E-state index in [2.05, 4.69) is 81.4 Å². The molecule has 2 aliphatic rings. The van der Waals surface area contributed by atoms with Crippen LogP contribution in [0, 0.1) is 17.3 Å². The number of hydrogen-bond acceptors (Lipinski definition) is 3. The SMILES string of the molecule is CC1C=CC=CC(c2n[nH]c(C3=CC(C)C=CC=C3)c2C(C)(C)CC(C)(C)C(=O)NO)=C1. The van der Waals surface area contributed by atoms with Crippen molar-refractivity contribution in [1.29, 1.82) is 0 Å². The number of amides is 1. The maximum Gasteiger partial charge on any atom is 0.249 e. The van der Waals surface area contributed by atoms with Crippen LogP contribution >= 0.6 is 0 Å². The second kappa shape index (κ2) is 9.29. The number of carbonyl (C=O) groups is 1. The first-order valence-electron chi connectivity index (χ1n) is 11.2. The molecule has 3 rings (SSSR count). The van der Waals surface area contributed by atoms with Gasteiger partial charge in [0, 0.05) is 11.0 Å². The Balaban J connectivity index is 2.19. The van der Waals surface area contributed by atoms with Crippen LogP contribution in [0.25, 0.3) is 11.1 Å². The molecule has 0 spiro atoms. The average molecular weight is 434 g/mol. The summed E-state index contributed by atoms with van der Waals surface area (Å²) in [4.78, 5) is 12.4. The quantitative estimate of drug-likeness (QED) is 0.386. The van der Waals surface area contributed by atoms with E-state index in [0.717, 1.165) is 28.1 Å². The summed E-state index contributed by atoms with van der Waals surface area (Å²) in [7, 11) is 0. The van der Waals surface area contributed by atoms with Crippen LogP contribution in [0.4, 0.5) is 0 Å². The van der Waals surface area contributed by atoms with Gasteiger partial charge in [0.05, 0.1) is 11.4 Å². The Morgan fingerprint density at radius 3 is 2.16 bits per heavy atom. The van der Waals surface area contributed by atoms with Gasteiger partial charge in [-0.3, -0.25) is 15.1 Å². The Morgan fingerprint density at radius 2 is 1.56 bits per heavy atom. The second-order valence-electron chi connectivity index (χ2n) is 10.2. The van der Waals surface area contributed by atoms with Crippen LogP contribution in [0.1, 0.15) is 64.9 Å². The average Bonchev–Trinajstić information content (AvgIpc) is 2.90. The Bertz CT molecular complexity index is 983. The summed E-state index contributed by atoms with van der Waals surface area (Å²) in [6.45, 7) is 12.3. The third-order valence-electron chi connectivity index (χ3n) is 6.09. The Labute approximate surface area is 191 Å². The zero-order chi connectivity index (χ0) is 23.5. The lowest BCUT2D eigenvalue weighted by molar-refractivity contribution is -0.139. The summed E-state index contributed by atoms with van der Waals surface area (Å²) in [5.74, 6) is 0.185. The third kappa shape index (κ3) is 5.10. The second-order valence-corrected chi connectivity index (χ2v) is 10.2. The highest BCUT2D eigenvalue weighted by Crippen LogP contribution is 2.43. The smallest absolute Gasteiger partial charge is 0.249 e. The van der Waals surface area contributed by atoms with Crippen LogP contribution in [0.15, 0.2) is 60.8 Å². The van der Waals surface area contributed by atoms with Gasteiger partial charge in [-0.25, -0.2) is 5.48 Å². The maximum atomic E-state index is 12.4. The summed E-state index contributed by atoms with van der Waals surface area (Å²) in [6.07, 6.45) is 21.7. The van der Waals surface area contributed by atoms with Crippen molar-refractivity contribution in [2.45, 2.75) is 53.4 Å². The van der Waals surface area contributed by atoms with Crippen LogP contribution in [0.3, 0.4) is 0 Å². The zero-order valence-corrected chi connectivity index (χ0v) is 19.9. The number of aromatic nitrogens is 2. The van der Waals surface area contributed by atoms with Gasteiger partial charge in [-0.2, -0.15) is 5.10 Å². The van der Waals surface area contributed by atoms with Gasteiger partial charge >= 0.3 is 0 Å². The highest BCUT2D eigenvalue weighted by atomic mass is 16.5. The molecule has 3 N–H and O–H groups in total. The minimum atomic E-state index is -0.769. The molecule has 2 unspecified atom stereocenters. The third-order valence-corrected chi connectivity index (χ3v) is 6.09. The minimum Gasteiger partial charge on any atom is -0.289 e. The molecule has 0 saturated heterocycles. The number of nitrogens with one attached hydrogen (secondary N) is 2. The van der Waals surface area contributed by atoms with Crippen molar-refractivity contribution in [3.05, 3.63) is 77.7 Å². The molecule has 32 heavy (non-hydrogen) atoms. The number of rotatable bonds is 6. The predicted octanol–water partition coefficient (Wildman–Crippen LogP) is 5.90. The Hall–Kier alpha value is -2.92. The molecular formula is C27H35N3O2. The molecule has 170 valence electrons. The summed E-state index contributed by atoms with van der Waals surface area (Å²) in [5.41, 5.74) is 5.73. The van der Waals surface area contributed by atoms with Gasteiger partial charge in [0.15, 0.2) is 0 Å². The normalized spacial score (nSPS) is 21.1. The molecule has 2 atom stereocenters. The van der Waals surface area contributed by atoms with E-state index in [1.165, 1.54) is 0 Å². The van der Waals surface area contributed by atoms with E-state index in [0.29, 0.717) is 12.3 Å². The fourth-order valence-corrected chi connectivity index (χ4v) is 4.75. The van der Waals surface area contributed by atoms with Crippen LogP contribution in [-0.2, 0) is 10.2 Å². The molecule has 1 amide bonds. The monoisotopic (exact) mass is 433 g/mol. The predicted molar refractivity (Wildman–Crippen MR) is 131 cm³/mol. The minimum absolute atomic E-state index is 0.286. The van der Waals surface area contributed by atoms with Crippen LogP contribution in [-0.4, -0.2) is 21.3 Å². The lowest BCUT2D eigenvalue weighted by Gasteiger charge is -2.34. The molecule has 5 heteroatoms. The van der Waals surface area contributed by atoms with E-state index in [4.69, 9.17) is 5.10 Å². The molecule has 1 aromatic rings. The highest BCUT2D eigenvalue weighted by molar-refractivity contribution is 5.84. The number of hydrogen-bond donors (Lipinski definition) is 3. The zero-order valence-electron chi connectivity index (χ0n) is 19.9. The fourth-order valence-electron chi connectivity index (χ4n) is 4.75. The summed E-state index contributed by atoms with van der Waals surface area (Å²) >= 11 is 0. The van der Waals surface area contributed by atoms with Crippen LogP contribution in [0.5, 0.6) is 0 Å². The number of hydroxylamine groups is 1. The molecule has 0 saturated carbocycles. The van der Waals surface area contributed by atoms with Crippen LogP contribution < -0.4 is 5.48 Å². The molecule has 0 fully saturated rings. The van der Waals surface area contributed by atoms with E-state index in [9.17, 15) is 10.0 Å². The largest absolute Gasteiger partial charge is 0.289 e. The van der Waals surface area contributed by atoms with E-state index in [-0.39, 0.29) is 5.92 Å². The molecule has 5 nitrogen and oxygen atoms in total. The lowest BCUT2D eigenvalue weighted by Crippen LogP contribution is -2.39. The van der Waals surface area contributed by atoms with Gasteiger partial charge in [0.2, 0.25) is 5.91 Å². The number of H-pyrrole nitrogens is 1. The first-order chi connectivity index (χ1) is 15.0. The van der Waals surface area contributed by atoms with Crippen molar-refractivity contribution >= 4 is 17.1 Å². The summed E-state index contributed by atoms with van der Waals surface area (Å²) in [6, 6.07) is 0. The molecule has 0 radical (unpaired) electrons. The van der Waals surface area contributed by atoms with E-state index >= 15 is 0 Å². The standard InChI is InChI=1S/C27H35N3O2/c1-18-11-7-9-13-20(15-18)23-22(26(3,4)17-27(5,6)25(31)30-32)24(29-28-23)21-14-10-8-12-19(2)16-21/h7-16,18-19,32H,17H2,1-6H3,(H,28,29)(H,30,31). The first-order valence-corrected chi connectivity index (χ1v) is 11.2. The van der Waals surface area contributed by atoms with Crippen LogP contribution in [0.2, 0.25) is 0 Å². The van der Waals surface area contributed by atoms with Crippen molar-refractivity contribution in [1.82, 2.24) is 15.7 Å². The van der Waals surface area contributed by atoms with Crippen molar-refractivity contribution in [2.75, 3.05) is 0 Å². The number of nitrogens with zero attached hydrogens (tertiary/aromatic N) is 1. The fraction of sp³-hybridized carbons (Fsp3) is 0.407. The van der Waals surface area contributed by atoms with Crippen molar-refractivity contribution in [2.24, 2.45) is 17.3 Å². The number of aromatic amines is 1. The summed E-state index contributed by atoms with van der Waals surface area (Å²) in [5, 5.41) is 17.4. The Kier molecular flexibility index (Phi) is 6.89. The summed E-state index contributed by atoms with van der Waals surface area (Å²) < 4.78 is 0. The van der Waals surface area contributed by atoms with E-state index < -0.39 is 16.7 Å². The van der Waals surface area contributed by atoms with Gasteiger partial charge in [-0.15, -0.1) is 0 Å². The van der Waals surface area contributed by atoms with E-state index in [1.54, 1.807) is 0 Å². The molecule has 1 heterocycles. The number of carbonyl (C=O) groups excluding carboxylic acids is 1. The van der Waals surface area contributed by atoms with Crippen molar-refractivity contribution in [3.63, 3.8) is 0 Å². The van der Waals surface area contributed by atoms with Gasteiger partial charge in [0.1, 0.15) is 0 Å². The maximum absolute atomic E-state index is 12.4.